The minimum Gasteiger partial charge on any atom is -0.209 e. The van der Waals surface area contributed by atoms with Gasteiger partial charge in [-0.15, -0.1) is 0 Å². The van der Waals surface area contributed by atoms with E-state index in [1.54, 1.807) is 6.07 Å². The van der Waals surface area contributed by atoms with Gasteiger partial charge in [0.25, 0.3) is 0 Å². The van der Waals surface area contributed by atoms with Crippen LogP contribution in [0.1, 0.15) is 44.7 Å². The van der Waals surface area contributed by atoms with Crippen LogP contribution in [0.25, 0.3) is 0 Å². The monoisotopic (exact) mass is 255 g/mol. The second kappa shape index (κ2) is 5.19. The molecule has 0 spiro atoms. The summed E-state index contributed by atoms with van der Waals surface area (Å²) in [6.07, 6.45) is 0. The van der Waals surface area contributed by atoms with E-state index in [1.165, 1.54) is 0 Å². The van der Waals surface area contributed by atoms with Gasteiger partial charge in [-0.2, -0.15) is 0 Å². The molecule has 1 aromatic carbocycles. The summed E-state index contributed by atoms with van der Waals surface area (Å²) in [6.45, 7) is 9.65. The molecule has 0 heterocycles. The Morgan fingerprint density at radius 3 is 2.12 bits per heavy atom. The van der Waals surface area contributed by atoms with Crippen molar-refractivity contribution in [1.82, 2.24) is 4.72 Å². The molecule has 0 saturated carbocycles. The normalized spacial score (nSPS) is 12.4. The minimum atomic E-state index is -3.38. The Kier molecular flexibility index (Phi) is 4.33. The summed E-state index contributed by atoms with van der Waals surface area (Å²) in [5, 5.41) is 0. The lowest BCUT2D eigenvalue weighted by Crippen LogP contribution is -2.30. The fourth-order valence-corrected chi connectivity index (χ4v) is 3.18. The summed E-state index contributed by atoms with van der Waals surface area (Å²) in [6, 6.07) is 5.42. The van der Waals surface area contributed by atoms with Gasteiger partial charge in [0.1, 0.15) is 0 Å². The van der Waals surface area contributed by atoms with E-state index in [2.05, 4.69) is 18.6 Å². The van der Waals surface area contributed by atoms with Crippen molar-refractivity contribution in [2.45, 2.75) is 51.5 Å². The molecule has 1 aromatic rings. The zero-order valence-corrected chi connectivity index (χ0v) is 11.9. The third-order valence-electron chi connectivity index (χ3n) is 2.55. The number of hydrogen-bond donors (Lipinski definition) is 1. The molecule has 0 bridgehead atoms. The van der Waals surface area contributed by atoms with Crippen molar-refractivity contribution in [3.63, 3.8) is 0 Å². The molecule has 0 aliphatic carbocycles. The molecule has 1 N–H and O–H groups in total. The molecule has 0 radical (unpaired) electrons. The fraction of sp³-hybridized carbons (Fsp3) is 0.538. The van der Waals surface area contributed by atoms with Crippen LogP contribution in [0.5, 0.6) is 0 Å². The maximum atomic E-state index is 12.0. The smallest absolute Gasteiger partial charge is 0.209 e. The topological polar surface area (TPSA) is 46.2 Å². The van der Waals surface area contributed by atoms with Gasteiger partial charge >= 0.3 is 0 Å². The Hall–Kier alpha value is -0.870. The molecule has 0 aromatic heterocycles. The van der Waals surface area contributed by atoms with Crippen LogP contribution in [0.4, 0.5) is 0 Å². The van der Waals surface area contributed by atoms with Crippen molar-refractivity contribution in [3.05, 3.63) is 29.3 Å². The second-order valence-electron chi connectivity index (χ2n) is 4.96. The average Bonchev–Trinajstić information content (AvgIpc) is 2.14. The standard InChI is InChI=1S/C13H21NO2S/c1-9(2)12-6-7-13(11(5)8-12)17(15,16)14-10(3)4/h6-10,14H,1-5H3. The van der Waals surface area contributed by atoms with Crippen molar-refractivity contribution < 1.29 is 8.42 Å². The van der Waals surface area contributed by atoms with Crippen LogP contribution in [0.15, 0.2) is 23.1 Å². The lowest BCUT2D eigenvalue weighted by atomic mass is 10.0. The summed E-state index contributed by atoms with van der Waals surface area (Å²) in [4.78, 5) is 0.371. The maximum Gasteiger partial charge on any atom is 0.241 e. The molecule has 0 amide bonds. The van der Waals surface area contributed by atoms with Gasteiger partial charge in [-0.1, -0.05) is 26.0 Å². The molecule has 0 unspecified atom stereocenters. The molecule has 1 rings (SSSR count). The first-order valence-corrected chi connectivity index (χ1v) is 7.35. The van der Waals surface area contributed by atoms with E-state index in [-0.39, 0.29) is 6.04 Å². The Morgan fingerprint density at radius 2 is 1.71 bits per heavy atom. The Balaban J connectivity index is 3.16. The van der Waals surface area contributed by atoms with Crippen LogP contribution in [0, 0.1) is 6.92 Å². The summed E-state index contributed by atoms with van der Waals surface area (Å²) in [5.74, 6) is 0.406. The molecule has 0 aliphatic rings. The van der Waals surface area contributed by atoms with Crippen molar-refractivity contribution in [2.75, 3.05) is 0 Å². The van der Waals surface area contributed by atoms with Crippen LogP contribution >= 0.6 is 0 Å². The SMILES string of the molecule is Cc1cc(C(C)C)ccc1S(=O)(=O)NC(C)C. The summed E-state index contributed by atoms with van der Waals surface area (Å²) < 4.78 is 26.7. The molecule has 17 heavy (non-hydrogen) atoms. The largest absolute Gasteiger partial charge is 0.241 e. The van der Waals surface area contributed by atoms with E-state index in [0.29, 0.717) is 10.8 Å². The van der Waals surface area contributed by atoms with Crippen LogP contribution in [-0.4, -0.2) is 14.5 Å². The van der Waals surface area contributed by atoms with Gasteiger partial charge in [0.05, 0.1) is 4.90 Å². The molecular weight excluding hydrogens is 234 g/mol. The second-order valence-corrected chi connectivity index (χ2v) is 6.64. The molecule has 0 aliphatic heterocycles. The number of rotatable bonds is 4. The highest BCUT2D eigenvalue weighted by atomic mass is 32.2. The lowest BCUT2D eigenvalue weighted by molar-refractivity contribution is 0.569. The molecular formula is C13H21NO2S. The fourth-order valence-electron chi connectivity index (χ4n) is 1.71. The summed E-state index contributed by atoms with van der Waals surface area (Å²) >= 11 is 0. The van der Waals surface area contributed by atoms with E-state index in [9.17, 15) is 8.42 Å². The first-order valence-electron chi connectivity index (χ1n) is 5.87. The first kappa shape index (κ1) is 14.2. The van der Waals surface area contributed by atoms with Gasteiger partial charge < -0.3 is 0 Å². The quantitative estimate of drug-likeness (QED) is 0.899. The molecule has 0 atom stereocenters. The number of benzene rings is 1. The summed E-state index contributed by atoms with van der Waals surface area (Å²) in [5.41, 5.74) is 1.95. The zero-order chi connectivity index (χ0) is 13.2. The van der Waals surface area contributed by atoms with Gasteiger partial charge in [0.2, 0.25) is 10.0 Å². The van der Waals surface area contributed by atoms with Crippen LogP contribution in [0.2, 0.25) is 0 Å². The number of nitrogens with one attached hydrogen (secondary N) is 1. The average molecular weight is 255 g/mol. The third-order valence-corrected chi connectivity index (χ3v) is 4.36. The van der Waals surface area contributed by atoms with E-state index in [4.69, 9.17) is 0 Å². The van der Waals surface area contributed by atoms with Crippen LogP contribution < -0.4 is 4.72 Å². The first-order chi connectivity index (χ1) is 7.74. The molecule has 96 valence electrons. The highest BCUT2D eigenvalue weighted by Crippen LogP contribution is 2.21. The number of sulfonamides is 1. The van der Waals surface area contributed by atoms with Crippen LogP contribution in [-0.2, 0) is 10.0 Å². The Labute approximate surface area is 104 Å². The highest BCUT2D eigenvalue weighted by molar-refractivity contribution is 7.89. The predicted molar refractivity (Wildman–Crippen MR) is 70.7 cm³/mol. The molecule has 0 saturated heterocycles. The van der Waals surface area contributed by atoms with E-state index >= 15 is 0 Å². The Bertz CT molecular complexity index is 490. The Morgan fingerprint density at radius 1 is 1.12 bits per heavy atom. The molecule has 3 nitrogen and oxygen atoms in total. The van der Waals surface area contributed by atoms with Crippen molar-refractivity contribution >= 4 is 10.0 Å². The number of hydrogen-bond acceptors (Lipinski definition) is 2. The van der Waals surface area contributed by atoms with Crippen molar-refractivity contribution in [2.24, 2.45) is 0 Å². The number of aryl methyl sites for hydroxylation is 1. The van der Waals surface area contributed by atoms with Gasteiger partial charge in [0, 0.05) is 6.04 Å². The highest BCUT2D eigenvalue weighted by Gasteiger charge is 2.18. The van der Waals surface area contributed by atoms with Crippen molar-refractivity contribution in [1.29, 1.82) is 0 Å². The van der Waals surface area contributed by atoms with E-state index < -0.39 is 10.0 Å². The molecule has 0 fully saturated rings. The van der Waals surface area contributed by atoms with E-state index in [0.717, 1.165) is 11.1 Å². The lowest BCUT2D eigenvalue weighted by Gasteiger charge is -2.13. The maximum absolute atomic E-state index is 12.0. The van der Waals surface area contributed by atoms with Gasteiger partial charge in [0.15, 0.2) is 0 Å². The predicted octanol–water partition coefficient (Wildman–Crippen LogP) is 2.81. The molecule has 4 heteroatoms. The van der Waals surface area contributed by atoms with Gasteiger partial charge in [-0.3, -0.25) is 0 Å². The zero-order valence-electron chi connectivity index (χ0n) is 11.1. The van der Waals surface area contributed by atoms with E-state index in [1.807, 2.05) is 32.9 Å². The minimum absolute atomic E-state index is 0.0934. The van der Waals surface area contributed by atoms with Crippen LogP contribution in [0.3, 0.4) is 0 Å². The van der Waals surface area contributed by atoms with Gasteiger partial charge in [-0.05, 0) is 43.9 Å². The van der Waals surface area contributed by atoms with Crippen molar-refractivity contribution in [3.8, 4) is 0 Å². The third kappa shape index (κ3) is 3.54. The summed E-state index contributed by atoms with van der Waals surface area (Å²) in [7, 11) is -3.38. The van der Waals surface area contributed by atoms with Gasteiger partial charge in [-0.25, -0.2) is 13.1 Å².